The summed E-state index contributed by atoms with van der Waals surface area (Å²) in [5.41, 5.74) is 3.31. The molecule has 0 spiro atoms. The summed E-state index contributed by atoms with van der Waals surface area (Å²) >= 11 is 0. The lowest BCUT2D eigenvalue weighted by Gasteiger charge is -2.41. The Bertz CT molecular complexity index is 778. The van der Waals surface area contributed by atoms with E-state index in [1.54, 1.807) is 6.07 Å². The predicted molar refractivity (Wildman–Crippen MR) is 102 cm³/mol. The molecule has 1 heterocycles. The summed E-state index contributed by atoms with van der Waals surface area (Å²) in [6, 6.07) is 16.3. The van der Waals surface area contributed by atoms with Crippen molar-refractivity contribution in [3.8, 4) is 5.75 Å². The number of piperidine rings is 1. The summed E-state index contributed by atoms with van der Waals surface area (Å²) < 4.78 is 0. The molecule has 0 radical (unpaired) electrons. The average molecular weight is 349 g/mol. The summed E-state index contributed by atoms with van der Waals surface area (Å²) in [7, 11) is 0. The molecule has 3 nitrogen and oxygen atoms in total. The van der Waals surface area contributed by atoms with Crippen molar-refractivity contribution in [1.82, 2.24) is 4.90 Å². The first-order chi connectivity index (χ1) is 12.6. The van der Waals surface area contributed by atoms with Gasteiger partial charge in [-0.2, -0.15) is 0 Å². The van der Waals surface area contributed by atoms with Gasteiger partial charge in [-0.25, -0.2) is 0 Å². The zero-order chi connectivity index (χ0) is 17.7. The van der Waals surface area contributed by atoms with Crippen molar-refractivity contribution < 1.29 is 10.2 Å². The van der Waals surface area contributed by atoms with E-state index in [0.29, 0.717) is 23.5 Å². The third-order valence-electron chi connectivity index (χ3n) is 6.84. The van der Waals surface area contributed by atoms with Crippen LogP contribution in [0.25, 0.3) is 0 Å². The average Bonchev–Trinajstić information content (AvgIpc) is 3.08. The Balaban J connectivity index is 1.30. The van der Waals surface area contributed by atoms with Crippen LogP contribution in [-0.2, 0) is 12.8 Å². The van der Waals surface area contributed by atoms with Gasteiger partial charge >= 0.3 is 0 Å². The number of fused-ring (bicyclic) bond motifs is 3. The first kappa shape index (κ1) is 16.3. The first-order valence-electron chi connectivity index (χ1n) is 9.90. The Morgan fingerprint density at radius 2 is 1.58 bits per heavy atom. The number of likely N-dealkylation sites (tertiary alicyclic amines) is 1. The smallest absolute Gasteiger partial charge is 0.115 e. The topological polar surface area (TPSA) is 43.7 Å². The molecular formula is C23H27NO2. The van der Waals surface area contributed by atoms with Crippen molar-refractivity contribution in [3.05, 3.63) is 65.2 Å². The monoisotopic (exact) mass is 349 g/mol. The molecule has 0 amide bonds. The zero-order valence-electron chi connectivity index (χ0n) is 15.1. The van der Waals surface area contributed by atoms with Crippen LogP contribution < -0.4 is 0 Å². The van der Waals surface area contributed by atoms with Gasteiger partial charge in [-0.1, -0.05) is 36.4 Å². The minimum atomic E-state index is -0.610. The van der Waals surface area contributed by atoms with Gasteiger partial charge < -0.3 is 10.2 Å². The molecule has 2 atom stereocenters. The maximum atomic E-state index is 11.2. The number of nitrogens with zero attached hydrogens (tertiary/aromatic N) is 1. The van der Waals surface area contributed by atoms with Gasteiger partial charge in [0.2, 0.25) is 0 Å². The highest BCUT2D eigenvalue weighted by Gasteiger charge is 2.45. The van der Waals surface area contributed by atoms with E-state index in [4.69, 9.17) is 0 Å². The number of β-amino-alcohol motifs (C(OH)–C–C–N with tert-alkyl or cyclic N) is 1. The van der Waals surface area contributed by atoms with Crippen LogP contribution >= 0.6 is 0 Å². The van der Waals surface area contributed by atoms with Crippen LogP contribution in [0.1, 0.15) is 35.4 Å². The molecule has 2 N–H and O–H groups in total. The molecule has 1 saturated carbocycles. The third-order valence-corrected chi connectivity index (χ3v) is 6.84. The van der Waals surface area contributed by atoms with Crippen molar-refractivity contribution in [2.75, 3.05) is 19.6 Å². The number of rotatable bonds is 3. The summed E-state index contributed by atoms with van der Waals surface area (Å²) in [6.45, 7) is 2.91. The predicted octanol–water partition coefficient (Wildman–Crippen LogP) is 3.35. The molecule has 2 unspecified atom stereocenters. The van der Waals surface area contributed by atoms with Gasteiger partial charge in [-0.3, -0.25) is 4.90 Å². The number of phenolic OH excluding ortho intramolecular Hbond substituents is 1. The van der Waals surface area contributed by atoms with E-state index in [1.165, 1.54) is 29.5 Å². The number of aliphatic hydroxyl groups is 1. The van der Waals surface area contributed by atoms with Gasteiger partial charge in [-0.05, 0) is 59.4 Å². The van der Waals surface area contributed by atoms with E-state index in [1.807, 2.05) is 12.1 Å². The maximum Gasteiger partial charge on any atom is 0.115 e. The Labute approximate surface area is 155 Å². The Kier molecular flexibility index (Phi) is 3.84. The highest BCUT2D eigenvalue weighted by molar-refractivity contribution is 5.36. The largest absolute Gasteiger partial charge is 0.508 e. The normalized spacial score (nSPS) is 29.7. The van der Waals surface area contributed by atoms with Crippen molar-refractivity contribution >= 4 is 0 Å². The van der Waals surface area contributed by atoms with Crippen LogP contribution in [0.5, 0.6) is 5.75 Å². The molecule has 1 aliphatic heterocycles. The first-order valence-corrected chi connectivity index (χ1v) is 9.90. The Morgan fingerprint density at radius 3 is 2.19 bits per heavy atom. The second-order valence-electron chi connectivity index (χ2n) is 8.76. The lowest BCUT2D eigenvalue weighted by molar-refractivity contribution is -0.00448. The summed E-state index contributed by atoms with van der Waals surface area (Å²) in [5, 5.41) is 21.1. The van der Waals surface area contributed by atoms with Crippen molar-refractivity contribution in [3.63, 3.8) is 0 Å². The number of benzene rings is 2. The van der Waals surface area contributed by atoms with Gasteiger partial charge in [0.1, 0.15) is 5.75 Å². The second kappa shape index (κ2) is 6.11. The van der Waals surface area contributed by atoms with Crippen LogP contribution in [0, 0.1) is 11.8 Å². The second-order valence-corrected chi connectivity index (χ2v) is 8.76. The molecule has 5 rings (SSSR count). The van der Waals surface area contributed by atoms with Gasteiger partial charge in [-0.15, -0.1) is 0 Å². The molecule has 2 aliphatic carbocycles. The highest BCUT2D eigenvalue weighted by atomic mass is 16.3. The number of hydrogen-bond donors (Lipinski definition) is 2. The highest BCUT2D eigenvalue weighted by Crippen LogP contribution is 2.48. The third kappa shape index (κ3) is 2.83. The van der Waals surface area contributed by atoms with E-state index < -0.39 is 5.60 Å². The molecule has 2 fully saturated rings. The van der Waals surface area contributed by atoms with Gasteiger partial charge in [0.15, 0.2) is 0 Å². The fourth-order valence-corrected chi connectivity index (χ4v) is 5.93. The molecule has 2 aromatic carbocycles. The van der Waals surface area contributed by atoms with Gasteiger partial charge in [0, 0.05) is 32.5 Å². The van der Waals surface area contributed by atoms with Crippen LogP contribution in [0.3, 0.4) is 0 Å². The summed E-state index contributed by atoms with van der Waals surface area (Å²) in [5.74, 6) is 2.22. The van der Waals surface area contributed by atoms with Crippen molar-refractivity contribution in [2.45, 2.75) is 37.2 Å². The van der Waals surface area contributed by atoms with E-state index in [2.05, 4.69) is 35.2 Å². The quantitative estimate of drug-likeness (QED) is 0.893. The Morgan fingerprint density at radius 1 is 0.923 bits per heavy atom. The number of aromatic hydroxyl groups is 1. The van der Waals surface area contributed by atoms with Crippen LogP contribution in [0.4, 0.5) is 0 Å². The lowest BCUT2D eigenvalue weighted by Crippen LogP contribution is -2.49. The van der Waals surface area contributed by atoms with Crippen LogP contribution in [-0.4, -0.2) is 40.3 Å². The van der Waals surface area contributed by atoms with Crippen molar-refractivity contribution in [1.29, 1.82) is 0 Å². The maximum absolute atomic E-state index is 11.2. The zero-order valence-corrected chi connectivity index (χ0v) is 15.1. The molecular weight excluding hydrogens is 322 g/mol. The lowest BCUT2D eigenvalue weighted by atomic mass is 9.79. The molecule has 26 heavy (non-hydrogen) atoms. The fourth-order valence-electron chi connectivity index (χ4n) is 5.93. The molecule has 0 aromatic heterocycles. The van der Waals surface area contributed by atoms with E-state index in [0.717, 1.165) is 32.5 Å². The standard InChI is InChI=1S/C23H27NO2/c25-21-7-3-6-16(10-21)22-19-8-9-20(22)14-24(13-19)15-23(26)11-17-4-1-2-5-18(17)12-23/h1-7,10,19-20,22,25-26H,8-9,11-15H2. The van der Waals surface area contributed by atoms with Gasteiger partial charge in [0.25, 0.3) is 0 Å². The number of phenols is 1. The fraction of sp³-hybridized carbons (Fsp3) is 0.478. The molecule has 3 heteroatoms. The SMILES string of the molecule is Oc1cccc(C2C3CCC2CN(CC2(O)Cc4ccccc4C2)C3)c1. The molecule has 1 saturated heterocycles. The minimum Gasteiger partial charge on any atom is -0.508 e. The molecule has 2 aromatic rings. The van der Waals surface area contributed by atoms with Crippen LogP contribution in [0.15, 0.2) is 48.5 Å². The van der Waals surface area contributed by atoms with Crippen LogP contribution in [0.2, 0.25) is 0 Å². The minimum absolute atomic E-state index is 0.377. The summed E-state index contributed by atoms with van der Waals surface area (Å²) in [4.78, 5) is 2.51. The summed E-state index contributed by atoms with van der Waals surface area (Å²) in [6.07, 6.45) is 4.09. The van der Waals surface area contributed by atoms with E-state index in [-0.39, 0.29) is 0 Å². The Hall–Kier alpha value is -1.84. The molecule has 2 bridgehead atoms. The molecule has 3 aliphatic rings. The van der Waals surface area contributed by atoms with E-state index >= 15 is 0 Å². The molecule has 136 valence electrons. The van der Waals surface area contributed by atoms with E-state index in [9.17, 15) is 10.2 Å². The van der Waals surface area contributed by atoms with Crippen molar-refractivity contribution in [2.24, 2.45) is 11.8 Å². The number of hydrogen-bond acceptors (Lipinski definition) is 3. The van der Waals surface area contributed by atoms with Gasteiger partial charge in [0.05, 0.1) is 5.60 Å².